The van der Waals surface area contributed by atoms with Crippen LogP contribution in [0, 0.1) is 0 Å². The van der Waals surface area contributed by atoms with Crippen LogP contribution in [-0.2, 0) is 54.5 Å². The van der Waals surface area contributed by atoms with Gasteiger partial charge in [-0.25, -0.2) is 4.79 Å². The first kappa shape index (κ1) is 41.9. The Labute approximate surface area is 343 Å². The lowest BCUT2D eigenvalue weighted by atomic mass is 9.99. The number of hydrogen-bond acceptors (Lipinski definition) is 9. The zero-order chi connectivity index (χ0) is 41.9. The van der Waals surface area contributed by atoms with Crippen LogP contribution >= 0.6 is 11.3 Å². The van der Waals surface area contributed by atoms with Crippen molar-refractivity contribution < 1.29 is 44.1 Å². The van der Waals surface area contributed by atoms with Crippen molar-refractivity contribution in [2.75, 3.05) is 5.32 Å². The van der Waals surface area contributed by atoms with E-state index in [1.807, 2.05) is 42.5 Å². The van der Waals surface area contributed by atoms with Crippen LogP contribution in [0.3, 0.4) is 0 Å². The second kappa shape index (κ2) is 19.7. The highest BCUT2D eigenvalue weighted by molar-refractivity contribution is 7.09. The van der Waals surface area contributed by atoms with Crippen LogP contribution in [0.1, 0.15) is 21.6 Å². The fourth-order valence-electron chi connectivity index (χ4n) is 6.54. The van der Waals surface area contributed by atoms with Crippen molar-refractivity contribution in [3.63, 3.8) is 0 Å². The molecule has 0 unspecified atom stereocenters. The minimum absolute atomic E-state index is 0.0249. The van der Waals surface area contributed by atoms with Gasteiger partial charge in [0.2, 0.25) is 17.7 Å². The van der Waals surface area contributed by atoms with Gasteiger partial charge in [0.15, 0.2) is 12.2 Å². The molecule has 0 radical (unpaired) electrons. The van der Waals surface area contributed by atoms with Gasteiger partial charge in [0.1, 0.15) is 24.2 Å². The van der Waals surface area contributed by atoms with Crippen LogP contribution in [0.15, 0.2) is 127 Å². The van der Waals surface area contributed by atoms with Crippen molar-refractivity contribution in [2.24, 2.45) is 0 Å². The molecule has 1 aromatic heterocycles. The molecule has 4 aromatic carbocycles. The van der Waals surface area contributed by atoms with E-state index in [9.17, 15) is 44.1 Å². The van der Waals surface area contributed by atoms with Gasteiger partial charge in [-0.1, -0.05) is 103 Å². The molecule has 304 valence electrons. The molecule has 5 amide bonds. The summed E-state index contributed by atoms with van der Waals surface area (Å²) in [7, 11) is 0. The lowest BCUT2D eigenvalue weighted by Gasteiger charge is -2.27. The van der Waals surface area contributed by atoms with Gasteiger partial charge in [-0.2, -0.15) is 0 Å². The number of nitrogens with one attached hydrogen (secondary N) is 5. The molecule has 8 N–H and O–H groups in total. The van der Waals surface area contributed by atoms with E-state index in [-0.39, 0.29) is 31.4 Å². The number of hydrogen-bond donors (Lipinski definition) is 8. The molecule has 2 aliphatic rings. The Kier molecular flexibility index (Phi) is 14.0. The van der Waals surface area contributed by atoms with Crippen LogP contribution in [0.5, 0.6) is 0 Å². The number of rotatable bonds is 8. The molecule has 0 spiro atoms. The van der Waals surface area contributed by atoms with E-state index in [0.29, 0.717) is 21.6 Å². The number of aliphatic hydroxyl groups excluding tert-OH is 2. The third-order valence-electron chi connectivity index (χ3n) is 9.78. The van der Waals surface area contributed by atoms with E-state index >= 15 is 0 Å². The average Bonchev–Trinajstić information content (AvgIpc) is 3.76. The minimum Gasteiger partial charge on any atom is -0.480 e. The van der Waals surface area contributed by atoms with E-state index in [2.05, 4.69) is 26.6 Å². The molecule has 5 aromatic rings. The van der Waals surface area contributed by atoms with E-state index < -0.39 is 71.9 Å². The van der Waals surface area contributed by atoms with Gasteiger partial charge in [-0.05, 0) is 51.4 Å². The van der Waals surface area contributed by atoms with Crippen molar-refractivity contribution >= 4 is 52.5 Å². The predicted octanol–water partition coefficient (Wildman–Crippen LogP) is 2.38. The van der Waals surface area contributed by atoms with Crippen LogP contribution < -0.4 is 26.6 Å². The smallest absolute Gasteiger partial charge is 0.326 e. The Morgan fingerprint density at radius 1 is 0.542 bits per heavy atom. The molecule has 0 saturated heterocycles. The average molecular weight is 818 g/mol. The molecule has 6 atom stereocenters. The molecule has 2 aliphatic heterocycles. The summed E-state index contributed by atoms with van der Waals surface area (Å²) in [5.41, 5.74) is 3.80. The molecule has 0 fully saturated rings. The quantitative estimate of drug-likeness (QED) is 0.108. The number of aliphatic hydroxyl groups is 2. The zero-order valence-corrected chi connectivity index (χ0v) is 32.4. The first-order valence-corrected chi connectivity index (χ1v) is 19.7. The van der Waals surface area contributed by atoms with Gasteiger partial charge in [-0.15, -0.1) is 11.3 Å². The monoisotopic (exact) mass is 817 g/mol. The summed E-state index contributed by atoms with van der Waals surface area (Å²) in [5, 5.41) is 46.3. The minimum atomic E-state index is -2.30. The highest BCUT2D eigenvalue weighted by Gasteiger charge is 2.35. The molecular weight excluding hydrogens is 775 g/mol. The van der Waals surface area contributed by atoms with E-state index in [4.69, 9.17) is 0 Å². The third-order valence-corrected chi connectivity index (χ3v) is 10.7. The van der Waals surface area contributed by atoms with Gasteiger partial charge in [0.25, 0.3) is 11.8 Å². The van der Waals surface area contributed by atoms with Crippen molar-refractivity contribution in [2.45, 2.75) is 62.1 Å². The highest BCUT2D eigenvalue weighted by atomic mass is 32.1. The summed E-state index contributed by atoms with van der Waals surface area (Å²) >= 11 is 1.29. The normalized spacial score (nSPS) is 22.2. The summed E-state index contributed by atoms with van der Waals surface area (Å²) in [5.74, 6) is -6.08. The fourth-order valence-corrected chi connectivity index (χ4v) is 7.30. The molecular formula is C44H43N5O9S. The van der Waals surface area contributed by atoms with Gasteiger partial charge < -0.3 is 41.9 Å². The highest BCUT2D eigenvalue weighted by Crippen LogP contribution is 2.21. The van der Waals surface area contributed by atoms with Crippen molar-refractivity contribution in [1.29, 1.82) is 0 Å². The molecule has 3 heterocycles. The summed E-state index contributed by atoms with van der Waals surface area (Å²) in [4.78, 5) is 82.0. The molecule has 59 heavy (non-hydrogen) atoms. The topological polar surface area (TPSA) is 223 Å². The third kappa shape index (κ3) is 11.5. The van der Waals surface area contributed by atoms with Crippen molar-refractivity contribution in [1.82, 2.24) is 21.3 Å². The zero-order valence-electron chi connectivity index (χ0n) is 31.6. The molecule has 0 aliphatic carbocycles. The number of carbonyl (C=O) groups is 6. The molecule has 15 heteroatoms. The number of aliphatic carboxylic acids is 1. The Morgan fingerprint density at radius 2 is 1.05 bits per heavy atom. The Hall–Kier alpha value is -6.68. The SMILES string of the molecule is O=C(O)[C@@H]1Cc2ccc(cc2)NC(=O)[C@H](O)[C@@H](O)C(=O)N[C@H](Cc2cccs2)C(=O)N[C@H](Cc2ccc(-c3ccccc3)cc2)C(=O)N[C@H](Cc2ccccc2)C(=O)N1. The number of anilines is 1. The van der Waals surface area contributed by atoms with Gasteiger partial charge in [0.05, 0.1) is 0 Å². The second-order valence-electron chi connectivity index (χ2n) is 14.1. The maximum atomic E-state index is 14.4. The van der Waals surface area contributed by atoms with E-state index in [1.54, 1.807) is 60.0 Å². The molecule has 2 bridgehead atoms. The van der Waals surface area contributed by atoms with Gasteiger partial charge in [0, 0.05) is 36.2 Å². The van der Waals surface area contributed by atoms with E-state index in [0.717, 1.165) is 11.1 Å². The number of amides is 5. The lowest BCUT2D eigenvalue weighted by Crippen LogP contribution is -2.60. The first-order valence-electron chi connectivity index (χ1n) is 18.8. The summed E-state index contributed by atoms with van der Waals surface area (Å²) < 4.78 is 0. The number of carboxylic acids is 1. The number of benzene rings is 4. The molecule has 7 rings (SSSR count). The Morgan fingerprint density at radius 3 is 1.63 bits per heavy atom. The first-order chi connectivity index (χ1) is 28.4. The molecule has 14 nitrogen and oxygen atoms in total. The summed E-state index contributed by atoms with van der Waals surface area (Å²) in [6.07, 6.45) is -4.89. The predicted molar refractivity (Wildman–Crippen MR) is 220 cm³/mol. The summed E-state index contributed by atoms with van der Waals surface area (Å²) in [6, 6.07) is 29.6. The van der Waals surface area contributed by atoms with E-state index in [1.165, 1.54) is 35.6 Å². The van der Waals surface area contributed by atoms with Gasteiger partial charge in [-0.3, -0.25) is 24.0 Å². The van der Waals surface area contributed by atoms with Crippen LogP contribution in [-0.4, -0.2) is 87.2 Å². The Balaban J connectivity index is 1.37. The second-order valence-corrected chi connectivity index (χ2v) is 15.1. The van der Waals surface area contributed by atoms with Crippen LogP contribution in [0.25, 0.3) is 11.1 Å². The number of carboxylic acid groups (broad SMARTS) is 1. The number of carbonyl (C=O) groups excluding carboxylic acids is 5. The Bertz CT molecular complexity index is 2240. The van der Waals surface area contributed by atoms with Gasteiger partial charge >= 0.3 is 5.97 Å². The maximum absolute atomic E-state index is 14.4. The standard InChI is InChI=1S/C44H43N5O9S/c50-37-38(51)43(56)48-35(25-32-12-7-21-59-32)41(54)47-34(23-27-13-17-30(18-14-27)29-10-5-2-6-11-29)39(52)46-33(22-26-8-3-1-4-9-26)40(53)49-36(44(57)58)24-28-15-19-31(20-16-28)45-42(37)55/h1-21,33-38,50-51H,22-25H2,(H,45,55)(H,46,52)(H,47,54)(H,48,56)(H,49,53)(H,57,58)/t33-,34-,35-,36+,37-,38-/m1/s1. The fraction of sp³-hybridized carbons (Fsp3) is 0.227. The maximum Gasteiger partial charge on any atom is 0.326 e. The summed E-state index contributed by atoms with van der Waals surface area (Å²) in [6.45, 7) is 0. The largest absolute Gasteiger partial charge is 0.480 e. The van der Waals surface area contributed by atoms with Crippen molar-refractivity contribution in [3.8, 4) is 11.1 Å². The van der Waals surface area contributed by atoms with Crippen LogP contribution in [0.2, 0.25) is 0 Å². The van der Waals surface area contributed by atoms with Crippen LogP contribution in [0.4, 0.5) is 5.69 Å². The number of fused-ring (bicyclic) bond motifs is 18. The lowest BCUT2D eigenvalue weighted by molar-refractivity contribution is -0.145. The molecule has 0 saturated carbocycles. The van der Waals surface area contributed by atoms with Crippen molar-refractivity contribution in [3.05, 3.63) is 148 Å². The number of thiophene rings is 1.